The van der Waals surface area contributed by atoms with Gasteiger partial charge in [0.2, 0.25) is 5.13 Å². The molecule has 112 valence electrons. The Morgan fingerprint density at radius 2 is 2.18 bits per heavy atom. The fourth-order valence-corrected chi connectivity index (χ4v) is 3.69. The van der Waals surface area contributed by atoms with Gasteiger partial charge >= 0.3 is 0 Å². The maximum atomic E-state index is 4.36. The van der Waals surface area contributed by atoms with Crippen LogP contribution in [-0.4, -0.2) is 38.5 Å². The molecule has 0 aromatic carbocycles. The molecule has 1 unspecified atom stereocenters. The smallest absolute Gasteiger partial charge is 0.208 e. The number of pyridine rings is 1. The van der Waals surface area contributed by atoms with Crippen LogP contribution in [0.25, 0.3) is 10.7 Å². The molecule has 1 aliphatic heterocycles. The summed E-state index contributed by atoms with van der Waals surface area (Å²) < 4.78 is 0. The van der Waals surface area contributed by atoms with Crippen molar-refractivity contribution in [3.8, 4) is 10.7 Å². The zero-order valence-electron chi connectivity index (χ0n) is 12.0. The molecule has 0 aliphatic carbocycles. The molecule has 1 fully saturated rings. The normalized spacial score (nSPS) is 18.5. The molecule has 0 spiro atoms. The quantitative estimate of drug-likeness (QED) is 0.805. The summed E-state index contributed by atoms with van der Waals surface area (Å²) in [5, 5.41) is 17.7. The highest BCUT2D eigenvalue weighted by Gasteiger charge is 2.24. The summed E-state index contributed by atoms with van der Waals surface area (Å²) in [6.45, 7) is 1.99. The molecule has 1 saturated heterocycles. The molecule has 4 heterocycles. The van der Waals surface area contributed by atoms with Crippen LogP contribution in [0.2, 0.25) is 0 Å². The summed E-state index contributed by atoms with van der Waals surface area (Å²) >= 11 is 1.61. The van der Waals surface area contributed by atoms with Gasteiger partial charge in [0.25, 0.3) is 0 Å². The van der Waals surface area contributed by atoms with E-state index in [4.69, 9.17) is 0 Å². The molecule has 0 bridgehead atoms. The zero-order chi connectivity index (χ0) is 14.8. The molecule has 0 saturated carbocycles. The average Bonchev–Trinajstić information content (AvgIpc) is 3.28. The van der Waals surface area contributed by atoms with Crippen molar-refractivity contribution in [2.24, 2.45) is 0 Å². The van der Waals surface area contributed by atoms with E-state index in [1.165, 1.54) is 12.1 Å². The van der Waals surface area contributed by atoms with Gasteiger partial charge in [-0.05, 0) is 31.0 Å². The summed E-state index contributed by atoms with van der Waals surface area (Å²) in [5.74, 6) is 0.485. The topological polar surface area (TPSA) is 70.6 Å². The van der Waals surface area contributed by atoms with E-state index in [0.717, 1.165) is 35.3 Å². The van der Waals surface area contributed by atoms with Gasteiger partial charge in [-0.2, -0.15) is 5.10 Å². The summed E-state index contributed by atoms with van der Waals surface area (Å²) in [6.07, 6.45) is 5.94. The predicted molar refractivity (Wildman–Crippen MR) is 85.9 cm³/mol. The fourth-order valence-electron chi connectivity index (χ4n) is 2.83. The first-order chi connectivity index (χ1) is 10.9. The minimum absolute atomic E-state index is 0.485. The first-order valence-electron chi connectivity index (χ1n) is 7.39. The first-order valence-corrected chi connectivity index (χ1v) is 8.21. The monoisotopic (exact) mass is 312 g/mol. The highest BCUT2D eigenvalue weighted by Crippen LogP contribution is 2.32. The van der Waals surface area contributed by atoms with E-state index >= 15 is 0 Å². The van der Waals surface area contributed by atoms with E-state index in [-0.39, 0.29) is 0 Å². The van der Waals surface area contributed by atoms with Gasteiger partial charge in [-0.3, -0.25) is 10.1 Å². The third-order valence-corrected chi connectivity index (χ3v) is 4.96. The SMILES string of the molecule is c1ccc(-c2nnc(N3CCCC(c4ccn[nH]4)C3)s2)nc1. The Kier molecular flexibility index (Phi) is 3.56. The molecular formula is C15H16N6S. The van der Waals surface area contributed by atoms with Crippen molar-refractivity contribution in [1.29, 1.82) is 0 Å². The minimum Gasteiger partial charge on any atom is -0.346 e. The number of aromatic nitrogens is 5. The van der Waals surface area contributed by atoms with E-state index in [9.17, 15) is 0 Å². The summed E-state index contributed by atoms with van der Waals surface area (Å²) in [6, 6.07) is 7.91. The third kappa shape index (κ3) is 2.59. The van der Waals surface area contributed by atoms with E-state index < -0.39 is 0 Å². The number of piperidine rings is 1. The van der Waals surface area contributed by atoms with Gasteiger partial charge in [-0.15, -0.1) is 10.2 Å². The van der Waals surface area contributed by atoms with E-state index in [0.29, 0.717) is 5.92 Å². The average molecular weight is 312 g/mol. The lowest BCUT2D eigenvalue weighted by molar-refractivity contribution is 0.499. The van der Waals surface area contributed by atoms with Gasteiger partial charge < -0.3 is 4.90 Å². The highest BCUT2D eigenvalue weighted by atomic mass is 32.1. The third-order valence-electron chi connectivity index (χ3n) is 3.95. The van der Waals surface area contributed by atoms with Gasteiger partial charge in [-0.1, -0.05) is 17.4 Å². The number of hydrogen-bond donors (Lipinski definition) is 1. The molecule has 1 atom stereocenters. The molecule has 7 heteroatoms. The summed E-state index contributed by atoms with van der Waals surface area (Å²) in [5.41, 5.74) is 2.09. The number of hydrogen-bond acceptors (Lipinski definition) is 6. The predicted octanol–water partition coefficient (Wildman–Crippen LogP) is 2.71. The van der Waals surface area contributed by atoms with Crippen molar-refractivity contribution < 1.29 is 0 Å². The maximum absolute atomic E-state index is 4.36. The second-order valence-corrected chi connectivity index (χ2v) is 6.36. The van der Waals surface area contributed by atoms with Crippen molar-refractivity contribution in [1.82, 2.24) is 25.4 Å². The number of anilines is 1. The summed E-state index contributed by atoms with van der Waals surface area (Å²) in [4.78, 5) is 6.66. The lowest BCUT2D eigenvalue weighted by Crippen LogP contribution is -2.34. The molecule has 4 rings (SSSR count). The van der Waals surface area contributed by atoms with Gasteiger partial charge in [-0.25, -0.2) is 0 Å². The number of nitrogens with one attached hydrogen (secondary N) is 1. The number of nitrogens with zero attached hydrogens (tertiary/aromatic N) is 5. The van der Waals surface area contributed by atoms with Crippen LogP contribution in [0.15, 0.2) is 36.7 Å². The molecule has 1 N–H and O–H groups in total. The molecule has 0 amide bonds. The molecule has 3 aromatic heterocycles. The van der Waals surface area contributed by atoms with Crippen LogP contribution < -0.4 is 4.90 Å². The molecule has 1 aliphatic rings. The molecular weight excluding hydrogens is 296 g/mol. The number of H-pyrrole nitrogens is 1. The van der Waals surface area contributed by atoms with Crippen molar-refractivity contribution in [2.45, 2.75) is 18.8 Å². The van der Waals surface area contributed by atoms with Crippen LogP contribution in [0, 0.1) is 0 Å². The van der Waals surface area contributed by atoms with Crippen LogP contribution in [-0.2, 0) is 0 Å². The van der Waals surface area contributed by atoms with Gasteiger partial charge in [0, 0.05) is 37.1 Å². The molecule has 3 aromatic rings. The molecule has 0 radical (unpaired) electrons. The van der Waals surface area contributed by atoms with Crippen molar-refractivity contribution in [3.05, 3.63) is 42.4 Å². The van der Waals surface area contributed by atoms with Crippen molar-refractivity contribution >= 4 is 16.5 Å². The van der Waals surface area contributed by atoms with Crippen LogP contribution in [0.4, 0.5) is 5.13 Å². The van der Waals surface area contributed by atoms with Gasteiger partial charge in [0.05, 0.1) is 0 Å². The van der Waals surface area contributed by atoms with Crippen LogP contribution in [0.5, 0.6) is 0 Å². The van der Waals surface area contributed by atoms with Gasteiger partial charge in [0.15, 0.2) is 5.01 Å². The van der Waals surface area contributed by atoms with E-state index in [1.807, 2.05) is 24.4 Å². The Labute approximate surface area is 132 Å². The lowest BCUT2D eigenvalue weighted by Gasteiger charge is -2.31. The maximum Gasteiger partial charge on any atom is 0.208 e. The van der Waals surface area contributed by atoms with Crippen LogP contribution >= 0.6 is 11.3 Å². The number of rotatable bonds is 3. The Balaban J connectivity index is 1.53. The van der Waals surface area contributed by atoms with Gasteiger partial charge in [0.1, 0.15) is 5.69 Å². The van der Waals surface area contributed by atoms with Crippen molar-refractivity contribution in [3.63, 3.8) is 0 Å². The second-order valence-electron chi connectivity index (χ2n) is 5.40. The largest absolute Gasteiger partial charge is 0.346 e. The fraction of sp³-hybridized carbons (Fsp3) is 0.333. The van der Waals surface area contributed by atoms with E-state index in [2.05, 4.69) is 36.3 Å². The minimum atomic E-state index is 0.485. The zero-order valence-corrected chi connectivity index (χ0v) is 12.8. The second kappa shape index (κ2) is 5.84. The van der Waals surface area contributed by atoms with Crippen molar-refractivity contribution in [2.75, 3.05) is 18.0 Å². The molecule has 22 heavy (non-hydrogen) atoms. The Morgan fingerprint density at radius 3 is 3.00 bits per heavy atom. The number of aromatic amines is 1. The lowest BCUT2D eigenvalue weighted by atomic mass is 9.95. The Morgan fingerprint density at radius 1 is 1.18 bits per heavy atom. The van der Waals surface area contributed by atoms with E-state index in [1.54, 1.807) is 17.5 Å². The Hall–Kier alpha value is -2.28. The molecule has 6 nitrogen and oxygen atoms in total. The van der Waals surface area contributed by atoms with Crippen LogP contribution in [0.1, 0.15) is 24.5 Å². The highest BCUT2D eigenvalue weighted by molar-refractivity contribution is 7.18. The van der Waals surface area contributed by atoms with Crippen LogP contribution in [0.3, 0.4) is 0 Å². The standard InChI is InChI=1S/C15H16N6S/c1-2-7-16-13(5-1)14-19-20-15(22-14)21-9-3-4-11(10-21)12-6-8-17-18-12/h1-2,5-8,11H,3-4,9-10H2,(H,17,18). The first kappa shape index (κ1) is 13.4. The Bertz CT molecular complexity index is 724. The summed E-state index contributed by atoms with van der Waals surface area (Å²) in [7, 11) is 0.